The van der Waals surface area contributed by atoms with Crippen LogP contribution in [-0.2, 0) is 0 Å². The number of hydrogen-bond donors (Lipinski definition) is 1. The quantitative estimate of drug-likeness (QED) is 0.894. The van der Waals surface area contributed by atoms with Crippen LogP contribution < -0.4 is 5.73 Å². The third-order valence-electron chi connectivity index (χ3n) is 2.04. The van der Waals surface area contributed by atoms with Crippen LogP contribution in [0.3, 0.4) is 0 Å². The summed E-state index contributed by atoms with van der Waals surface area (Å²) in [5.74, 6) is 0. The van der Waals surface area contributed by atoms with Crippen LogP contribution >= 0.6 is 15.9 Å². The summed E-state index contributed by atoms with van der Waals surface area (Å²) in [5.41, 5.74) is 8.00. The molecule has 2 aromatic heterocycles. The van der Waals surface area contributed by atoms with Gasteiger partial charge in [-0.05, 0) is 33.6 Å². The van der Waals surface area contributed by atoms with Crippen molar-refractivity contribution >= 4 is 15.9 Å². The third-order valence-corrected chi connectivity index (χ3v) is 2.70. The van der Waals surface area contributed by atoms with E-state index < -0.39 is 0 Å². The van der Waals surface area contributed by atoms with Gasteiger partial charge in [-0.3, -0.25) is 4.98 Å². The molecule has 0 spiro atoms. The Hall–Kier alpha value is -1.13. The van der Waals surface area contributed by atoms with Crippen LogP contribution in [0.1, 0.15) is 17.2 Å². The van der Waals surface area contributed by atoms with E-state index in [2.05, 4.69) is 20.9 Å². The SMILES string of the molecule is NC(c1ccoc1)c1ccncc1Br. The van der Waals surface area contributed by atoms with Crippen LogP contribution in [0.15, 0.2) is 45.9 Å². The van der Waals surface area contributed by atoms with Crippen LogP contribution in [0.4, 0.5) is 0 Å². The number of nitrogens with zero attached hydrogens (tertiary/aromatic N) is 1. The van der Waals surface area contributed by atoms with Crippen molar-refractivity contribution < 1.29 is 4.42 Å². The molecule has 0 saturated carbocycles. The molecule has 2 N–H and O–H groups in total. The van der Waals surface area contributed by atoms with Crippen LogP contribution in [-0.4, -0.2) is 4.98 Å². The van der Waals surface area contributed by atoms with E-state index in [1.807, 2.05) is 12.1 Å². The zero-order valence-electron chi connectivity index (χ0n) is 7.35. The fraction of sp³-hybridized carbons (Fsp3) is 0.100. The third kappa shape index (κ3) is 1.71. The number of furan rings is 1. The molecule has 0 fully saturated rings. The topological polar surface area (TPSA) is 52.0 Å². The number of nitrogens with two attached hydrogens (primary N) is 1. The first-order valence-electron chi connectivity index (χ1n) is 4.16. The number of rotatable bonds is 2. The highest BCUT2D eigenvalue weighted by Gasteiger charge is 2.12. The zero-order valence-corrected chi connectivity index (χ0v) is 8.94. The molecule has 0 amide bonds. The van der Waals surface area contributed by atoms with E-state index in [1.165, 1.54) is 0 Å². The Kier molecular flexibility index (Phi) is 2.65. The van der Waals surface area contributed by atoms with Gasteiger partial charge in [-0.1, -0.05) is 0 Å². The average Bonchev–Trinajstić information content (AvgIpc) is 2.70. The Bertz CT molecular complexity index is 414. The van der Waals surface area contributed by atoms with Gasteiger partial charge in [0.15, 0.2) is 0 Å². The lowest BCUT2D eigenvalue weighted by Gasteiger charge is -2.10. The molecule has 1 unspecified atom stereocenters. The van der Waals surface area contributed by atoms with Crippen molar-refractivity contribution in [1.29, 1.82) is 0 Å². The maximum Gasteiger partial charge on any atom is 0.0953 e. The van der Waals surface area contributed by atoms with Crippen LogP contribution in [0.25, 0.3) is 0 Å². The largest absolute Gasteiger partial charge is 0.472 e. The molecular formula is C10H9BrN2O. The van der Waals surface area contributed by atoms with E-state index in [0.29, 0.717) is 0 Å². The van der Waals surface area contributed by atoms with Gasteiger partial charge >= 0.3 is 0 Å². The number of aromatic nitrogens is 1. The molecule has 4 heteroatoms. The van der Waals surface area contributed by atoms with E-state index >= 15 is 0 Å². The van der Waals surface area contributed by atoms with Gasteiger partial charge in [0.1, 0.15) is 0 Å². The molecule has 1 atom stereocenters. The second-order valence-corrected chi connectivity index (χ2v) is 3.79. The molecule has 0 aromatic carbocycles. The Morgan fingerprint density at radius 2 is 2.29 bits per heavy atom. The van der Waals surface area contributed by atoms with Gasteiger partial charge in [-0.2, -0.15) is 0 Å². The van der Waals surface area contributed by atoms with Crippen molar-refractivity contribution in [1.82, 2.24) is 4.98 Å². The molecule has 3 nitrogen and oxygen atoms in total. The van der Waals surface area contributed by atoms with E-state index in [1.54, 1.807) is 24.9 Å². The Morgan fingerprint density at radius 3 is 2.93 bits per heavy atom. The maximum absolute atomic E-state index is 6.04. The highest BCUT2D eigenvalue weighted by Crippen LogP contribution is 2.25. The zero-order chi connectivity index (χ0) is 9.97. The molecule has 0 saturated heterocycles. The molecule has 0 aliphatic heterocycles. The van der Waals surface area contributed by atoms with Gasteiger partial charge < -0.3 is 10.2 Å². The average molecular weight is 253 g/mol. The van der Waals surface area contributed by atoms with Crippen molar-refractivity contribution in [2.75, 3.05) is 0 Å². The molecular weight excluding hydrogens is 244 g/mol. The summed E-state index contributed by atoms with van der Waals surface area (Å²) in [7, 11) is 0. The highest BCUT2D eigenvalue weighted by atomic mass is 79.9. The minimum absolute atomic E-state index is 0.175. The van der Waals surface area contributed by atoms with E-state index in [4.69, 9.17) is 10.2 Å². The summed E-state index contributed by atoms with van der Waals surface area (Å²) < 4.78 is 5.90. The van der Waals surface area contributed by atoms with Crippen LogP contribution in [0, 0.1) is 0 Å². The summed E-state index contributed by atoms with van der Waals surface area (Å²) in [6, 6.07) is 3.57. The summed E-state index contributed by atoms with van der Waals surface area (Å²) >= 11 is 3.41. The predicted molar refractivity (Wildman–Crippen MR) is 56.7 cm³/mol. The first-order valence-corrected chi connectivity index (χ1v) is 4.95. The van der Waals surface area contributed by atoms with Crippen LogP contribution in [0.5, 0.6) is 0 Å². The Balaban J connectivity index is 2.37. The minimum atomic E-state index is -0.175. The lowest BCUT2D eigenvalue weighted by molar-refractivity contribution is 0.562. The molecule has 2 heterocycles. The van der Waals surface area contributed by atoms with Gasteiger partial charge in [0.25, 0.3) is 0 Å². The Labute approximate surface area is 90.1 Å². The summed E-state index contributed by atoms with van der Waals surface area (Å²) in [4.78, 5) is 3.98. The van der Waals surface area contributed by atoms with Crippen molar-refractivity contribution in [3.8, 4) is 0 Å². The van der Waals surface area contributed by atoms with E-state index in [0.717, 1.165) is 15.6 Å². The van der Waals surface area contributed by atoms with Gasteiger partial charge in [0, 0.05) is 22.4 Å². The van der Waals surface area contributed by atoms with E-state index in [-0.39, 0.29) is 6.04 Å². The predicted octanol–water partition coefficient (Wildman–Crippen LogP) is 2.49. The van der Waals surface area contributed by atoms with Crippen molar-refractivity contribution in [2.24, 2.45) is 5.73 Å². The minimum Gasteiger partial charge on any atom is -0.472 e. The molecule has 0 aliphatic carbocycles. The lowest BCUT2D eigenvalue weighted by Crippen LogP contribution is -2.11. The van der Waals surface area contributed by atoms with E-state index in [9.17, 15) is 0 Å². The van der Waals surface area contributed by atoms with Gasteiger partial charge in [0.05, 0.1) is 18.6 Å². The van der Waals surface area contributed by atoms with Gasteiger partial charge in [-0.15, -0.1) is 0 Å². The maximum atomic E-state index is 6.04. The summed E-state index contributed by atoms with van der Waals surface area (Å²) in [5, 5.41) is 0. The first kappa shape index (κ1) is 9.43. The standard InChI is InChI=1S/C10H9BrN2O/c11-9-5-13-3-1-8(9)10(12)7-2-4-14-6-7/h1-6,10H,12H2. The number of pyridine rings is 1. The fourth-order valence-corrected chi connectivity index (χ4v) is 1.77. The Morgan fingerprint density at radius 1 is 1.43 bits per heavy atom. The lowest BCUT2D eigenvalue weighted by atomic mass is 10.0. The summed E-state index contributed by atoms with van der Waals surface area (Å²) in [6.45, 7) is 0. The molecule has 2 aromatic rings. The fourth-order valence-electron chi connectivity index (χ4n) is 1.27. The molecule has 72 valence electrons. The molecule has 0 bridgehead atoms. The van der Waals surface area contributed by atoms with Crippen molar-refractivity contribution in [3.05, 3.63) is 52.7 Å². The smallest absolute Gasteiger partial charge is 0.0953 e. The number of hydrogen-bond acceptors (Lipinski definition) is 3. The van der Waals surface area contributed by atoms with Crippen LogP contribution in [0.2, 0.25) is 0 Å². The van der Waals surface area contributed by atoms with Crippen molar-refractivity contribution in [2.45, 2.75) is 6.04 Å². The van der Waals surface area contributed by atoms with Gasteiger partial charge in [0.2, 0.25) is 0 Å². The molecule has 0 radical (unpaired) electrons. The molecule has 14 heavy (non-hydrogen) atoms. The second-order valence-electron chi connectivity index (χ2n) is 2.93. The normalized spacial score (nSPS) is 12.7. The monoisotopic (exact) mass is 252 g/mol. The summed E-state index contributed by atoms with van der Waals surface area (Å²) in [6.07, 6.45) is 6.72. The number of halogens is 1. The van der Waals surface area contributed by atoms with Crippen molar-refractivity contribution in [3.63, 3.8) is 0 Å². The molecule has 0 aliphatic rings. The first-order chi connectivity index (χ1) is 6.79. The highest BCUT2D eigenvalue weighted by molar-refractivity contribution is 9.10. The van der Waals surface area contributed by atoms with Gasteiger partial charge in [-0.25, -0.2) is 0 Å². The second kappa shape index (κ2) is 3.94. The molecule has 2 rings (SSSR count).